The molecule has 1 aliphatic heterocycles. The predicted molar refractivity (Wildman–Crippen MR) is 93.8 cm³/mol. The van der Waals surface area contributed by atoms with Gasteiger partial charge in [0, 0.05) is 45.0 Å². The summed E-state index contributed by atoms with van der Waals surface area (Å²) in [5.74, 6) is 0. The number of anilines is 1. The quantitative estimate of drug-likeness (QED) is 0.874. The van der Waals surface area contributed by atoms with E-state index in [1.807, 2.05) is 7.05 Å². The van der Waals surface area contributed by atoms with Gasteiger partial charge in [0.05, 0.1) is 6.61 Å². The second-order valence-corrected chi connectivity index (χ2v) is 7.18. The molecule has 1 aromatic carbocycles. The Morgan fingerprint density at radius 1 is 1.36 bits per heavy atom. The van der Waals surface area contributed by atoms with Gasteiger partial charge in [-0.25, -0.2) is 0 Å². The summed E-state index contributed by atoms with van der Waals surface area (Å²) in [6.45, 7) is 11.5. The van der Waals surface area contributed by atoms with Gasteiger partial charge in [0.1, 0.15) is 0 Å². The lowest BCUT2D eigenvalue weighted by molar-refractivity contribution is 0.163. The van der Waals surface area contributed by atoms with Crippen LogP contribution in [-0.2, 0) is 16.7 Å². The molecule has 0 aliphatic carbocycles. The van der Waals surface area contributed by atoms with Crippen molar-refractivity contribution < 1.29 is 4.74 Å². The number of ether oxygens (including phenoxy) is 1. The Labute approximate surface area is 135 Å². The van der Waals surface area contributed by atoms with E-state index in [2.05, 4.69) is 54.5 Å². The minimum Gasteiger partial charge on any atom is -0.383 e. The third-order valence-corrected chi connectivity index (χ3v) is 4.28. The molecule has 1 aromatic rings. The molecule has 1 atom stereocenters. The first kappa shape index (κ1) is 17.3. The molecule has 1 fully saturated rings. The molecule has 0 aromatic heterocycles. The molecule has 2 rings (SSSR count). The van der Waals surface area contributed by atoms with Crippen molar-refractivity contribution >= 4 is 5.69 Å². The highest BCUT2D eigenvalue weighted by molar-refractivity contribution is 5.56. The molecule has 124 valence electrons. The van der Waals surface area contributed by atoms with Crippen molar-refractivity contribution in [2.75, 3.05) is 45.3 Å². The number of nitrogens with one attached hydrogen (secondary N) is 2. The molecule has 0 amide bonds. The number of rotatable bonds is 5. The Kier molecular flexibility index (Phi) is 5.84. The van der Waals surface area contributed by atoms with Crippen LogP contribution in [-0.4, -0.2) is 46.4 Å². The fraction of sp³-hybridized carbons (Fsp3) is 0.667. The van der Waals surface area contributed by atoms with Crippen molar-refractivity contribution in [2.24, 2.45) is 0 Å². The van der Waals surface area contributed by atoms with Gasteiger partial charge in [-0.3, -0.25) is 0 Å². The van der Waals surface area contributed by atoms with Crippen LogP contribution in [0.5, 0.6) is 0 Å². The Morgan fingerprint density at radius 2 is 2.14 bits per heavy atom. The highest BCUT2D eigenvalue weighted by atomic mass is 16.5. The molecule has 0 bridgehead atoms. The van der Waals surface area contributed by atoms with E-state index in [1.54, 1.807) is 7.11 Å². The first-order valence-corrected chi connectivity index (χ1v) is 8.21. The van der Waals surface area contributed by atoms with Crippen LogP contribution in [0.15, 0.2) is 18.2 Å². The van der Waals surface area contributed by atoms with E-state index in [9.17, 15) is 0 Å². The SMILES string of the molecule is CNCc1cc(C(C)(C)C)ccc1N1CCNC(COC)C1. The van der Waals surface area contributed by atoms with Gasteiger partial charge in [-0.05, 0) is 29.7 Å². The zero-order chi connectivity index (χ0) is 16.2. The first-order valence-electron chi connectivity index (χ1n) is 8.21. The van der Waals surface area contributed by atoms with Gasteiger partial charge in [0.25, 0.3) is 0 Å². The molecule has 1 aliphatic rings. The fourth-order valence-electron chi connectivity index (χ4n) is 3.05. The third kappa shape index (κ3) is 4.22. The number of benzene rings is 1. The standard InChI is InChI=1S/C18H31N3O/c1-18(2,3)15-6-7-17(14(10-15)11-19-4)21-9-8-20-16(12-21)13-22-5/h6-7,10,16,19-20H,8-9,11-13H2,1-5H3. The topological polar surface area (TPSA) is 36.5 Å². The van der Waals surface area contributed by atoms with E-state index in [0.717, 1.165) is 32.8 Å². The maximum atomic E-state index is 5.31. The van der Waals surface area contributed by atoms with E-state index in [-0.39, 0.29) is 5.41 Å². The highest BCUT2D eigenvalue weighted by Gasteiger charge is 2.22. The summed E-state index contributed by atoms with van der Waals surface area (Å²) in [6.07, 6.45) is 0. The lowest BCUT2D eigenvalue weighted by Crippen LogP contribution is -2.52. The maximum absolute atomic E-state index is 5.31. The molecule has 22 heavy (non-hydrogen) atoms. The zero-order valence-electron chi connectivity index (χ0n) is 14.7. The molecule has 1 heterocycles. The maximum Gasteiger partial charge on any atom is 0.0633 e. The monoisotopic (exact) mass is 305 g/mol. The van der Waals surface area contributed by atoms with Crippen molar-refractivity contribution in [3.8, 4) is 0 Å². The average Bonchev–Trinajstić information content (AvgIpc) is 2.47. The molecule has 0 saturated carbocycles. The molecular formula is C18H31N3O. The van der Waals surface area contributed by atoms with Gasteiger partial charge in [0.15, 0.2) is 0 Å². The minimum absolute atomic E-state index is 0.184. The molecule has 0 spiro atoms. The number of nitrogens with zero attached hydrogens (tertiary/aromatic N) is 1. The van der Waals surface area contributed by atoms with Gasteiger partial charge in [-0.2, -0.15) is 0 Å². The Balaban J connectivity index is 2.25. The average molecular weight is 305 g/mol. The first-order chi connectivity index (χ1) is 10.5. The van der Waals surface area contributed by atoms with Crippen LogP contribution in [0.25, 0.3) is 0 Å². The Hall–Kier alpha value is -1.10. The molecule has 1 saturated heterocycles. The van der Waals surface area contributed by atoms with Gasteiger partial charge in [-0.15, -0.1) is 0 Å². The molecule has 2 N–H and O–H groups in total. The predicted octanol–water partition coefficient (Wildman–Crippen LogP) is 2.13. The van der Waals surface area contributed by atoms with Crippen LogP contribution < -0.4 is 15.5 Å². The number of methoxy groups -OCH3 is 1. The summed E-state index contributed by atoms with van der Waals surface area (Å²) in [5.41, 5.74) is 4.31. The lowest BCUT2D eigenvalue weighted by Gasteiger charge is -2.36. The van der Waals surface area contributed by atoms with Crippen molar-refractivity contribution in [3.63, 3.8) is 0 Å². The van der Waals surface area contributed by atoms with Gasteiger partial charge in [0.2, 0.25) is 0 Å². The van der Waals surface area contributed by atoms with E-state index in [0.29, 0.717) is 6.04 Å². The van der Waals surface area contributed by atoms with Crippen LogP contribution >= 0.6 is 0 Å². The minimum atomic E-state index is 0.184. The van der Waals surface area contributed by atoms with Crippen LogP contribution in [0.1, 0.15) is 31.9 Å². The van der Waals surface area contributed by atoms with Gasteiger partial charge < -0.3 is 20.3 Å². The van der Waals surface area contributed by atoms with E-state index in [1.165, 1.54) is 16.8 Å². The van der Waals surface area contributed by atoms with Crippen LogP contribution in [0, 0.1) is 0 Å². The van der Waals surface area contributed by atoms with E-state index >= 15 is 0 Å². The summed E-state index contributed by atoms with van der Waals surface area (Å²) in [5, 5.41) is 6.84. The summed E-state index contributed by atoms with van der Waals surface area (Å²) >= 11 is 0. The normalized spacial score (nSPS) is 19.5. The van der Waals surface area contributed by atoms with Crippen LogP contribution in [0.4, 0.5) is 5.69 Å². The highest BCUT2D eigenvalue weighted by Crippen LogP contribution is 2.29. The summed E-state index contributed by atoms with van der Waals surface area (Å²) in [4.78, 5) is 2.49. The third-order valence-electron chi connectivity index (χ3n) is 4.28. The summed E-state index contributed by atoms with van der Waals surface area (Å²) in [7, 11) is 3.78. The second-order valence-electron chi connectivity index (χ2n) is 7.18. The van der Waals surface area contributed by atoms with Gasteiger partial charge in [-0.1, -0.05) is 32.9 Å². The number of hydrogen-bond acceptors (Lipinski definition) is 4. The molecule has 1 unspecified atom stereocenters. The van der Waals surface area contributed by atoms with Crippen molar-refractivity contribution in [3.05, 3.63) is 29.3 Å². The Morgan fingerprint density at radius 3 is 2.77 bits per heavy atom. The number of piperazine rings is 1. The van der Waals surface area contributed by atoms with Crippen molar-refractivity contribution in [2.45, 2.75) is 38.8 Å². The van der Waals surface area contributed by atoms with Gasteiger partial charge >= 0.3 is 0 Å². The fourth-order valence-corrected chi connectivity index (χ4v) is 3.05. The summed E-state index contributed by atoms with van der Waals surface area (Å²) < 4.78 is 5.31. The summed E-state index contributed by atoms with van der Waals surface area (Å²) in [6, 6.07) is 7.34. The van der Waals surface area contributed by atoms with Crippen LogP contribution in [0.2, 0.25) is 0 Å². The molecule has 4 nitrogen and oxygen atoms in total. The largest absolute Gasteiger partial charge is 0.383 e. The van der Waals surface area contributed by atoms with Crippen molar-refractivity contribution in [1.82, 2.24) is 10.6 Å². The van der Waals surface area contributed by atoms with Crippen LogP contribution in [0.3, 0.4) is 0 Å². The number of hydrogen-bond donors (Lipinski definition) is 2. The second kappa shape index (κ2) is 7.44. The van der Waals surface area contributed by atoms with E-state index < -0.39 is 0 Å². The Bertz CT molecular complexity index is 480. The molecule has 4 heteroatoms. The van der Waals surface area contributed by atoms with E-state index in [4.69, 9.17) is 4.74 Å². The lowest BCUT2D eigenvalue weighted by atomic mass is 9.85. The zero-order valence-corrected chi connectivity index (χ0v) is 14.7. The molecular weight excluding hydrogens is 274 g/mol. The smallest absolute Gasteiger partial charge is 0.0633 e. The van der Waals surface area contributed by atoms with Crippen molar-refractivity contribution in [1.29, 1.82) is 0 Å². The molecule has 0 radical (unpaired) electrons.